The van der Waals surface area contributed by atoms with Gasteiger partial charge in [0.1, 0.15) is 11.5 Å². The maximum atomic E-state index is 12.3. The summed E-state index contributed by atoms with van der Waals surface area (Å²) >= 11 is 3.41. The highest BCUT2D eigenvalue weighted by Gasteiger charge is 2.25. The molecule has 2 amide bonds. The lowest BCUT2D eigenvalue weighted by atomic mass is 10.2. The van der Waals surface area contributed by atoms with Gasteiger partial charge in [0.2, 0.25) is 0 Å². The first-order valence-corrected chi connectivity index (χ1v) is 7.35. The van der Waals surface area contributed by atoms with E-state index < -0.39 is 0 Å². The van der Waals surface area contributed by atoms with E-state index in [9.17, 15) is 4.79 Å². The lowest BCUT2D eigenvalue weighted by molar-refractivity contribution is 0.210. The zero-order valence-electron chi connectivity index (χ0n) is 11.9. The fourth-order valence-electron chi connectivity index (χ4n) is 2.38. The van der Waals surface area contributed by atoms with Crippen LogP contribution in [0.25, 0.3) is 0 Å². The van der Waals surface area contributed by atoms with E-state index in [1.54, 1.807) is 26.4 Å². The van der Waals surface area contributed by atoms with Gasteiger partial charge < -0.3 is 19.7 Å². The van der Waals surface area contributed by atoms with Crippen LogP contribution >= 0.6 is 15.9 Å². The number of methoxy groups -OCH3 is 2. The van der Waals surface area contributed by atoms with Gasteiger partial charge in [-0.1, -0.05) is 0 Å². The number of likely N-dealkylation sites (tertiary alicyclic amines) is 1. The third-order valence-corrected chi connectivity index (χ3v) is 4.15. The minimum absolute atomic E-state index is 0.0923. The van der Waals surface area contributed by atoms with Gasteiger partial charge in [-0.05, 0) is 41.8 Å². The van der Waals surface area contributed by atoms with E-state index in [1.807, 2.05) is 4.90 Å². The molecule has 1 aromatic carbocycles. The van der Waals surface area contributed by atoms with Crippen LogP contribution in [-0.4, -0.2) is 37.7 Å². The maximum absolute atomic E-state index is 12.3. The first kappa shape index (κ1) is 15.0. The second-order valence-corrected chi connectivity index (χ2v) is 5.66. The van der Waals surface area contributed by atoms with Crippen molar-refractivity contribution in [2.24, 2.45) is 0 Å². The summed E-state index contributed by atoms with van der Waals surface area (Å²) in [5.41, 5.74) is 0.629. The van der Waals surface area contributed by atoms with Crippen LogP contribution in [0.4, 0.5) is 10.5 Å². The van der Waals surface area contributed by atoms with Crippen LogP contribution in [0.15, 0.2) is 16.6 Å². The van der Waals surface area contributed by atoms with Crippen LogP contribution in [0.1, 0.15) is 19.8 Å². The normalized spacial score (nSPS) is 18.0. The molecular formula is C14H19BrN2O3. The van der Waals surface area contributed by atoms with Gasteiger partial charge in [0, 0.05) is 18.7 Å². The molecule has 0 radical (unpaired) electrons. The number of urea groups is 1. The second kappa shape index (κ2) is 6.35. The van der Waals surface area contributed by atoms with Gasteiger partial charge in [0.05, 0.1) is 24.4 Å². The second-order valence-electron chi connectivity index (χ2n) is 4.80. The number of hydrogen-bond acceptors (Lipinski definition) is 3. The van der Waals surface area contributed by atoms with E-state index in [-0.39, 0.29) is 12.1 Å². The van der Waals surface area contributed by atoms with E-state index in [0.29, 0.717) is 17.2 Å². The Morgan fingerprint density at radius 2 is 2.05 bits per heavy atom. The third kappa shape index (κ3) is 3.00. The van der Waals surface area contributed by atoms with Gasteiger partial charge >= 0.3 is 6.03 Å². The summed E-state index contributed by atoms with van der Waals surface area (Å²) in [4.78, 5) is 14.1. The quantitative estimate of drug-likeness (QED) is 0.914. The fourth-order valence-corrected chi connectivity index (χ4v) is 2.88. The largest absolute Gasteiger partial charge is 0.495 e. The van der Waals surface area contributed by atoms with Crippen molar-refractivity contribution >= 4 is 27.6 Å². The van der Waals surface area contributed by atoms with Crippen molar-refractivity contribution in [3.63, 3.8) is 0 Å². The Morgan fingerprint density at radius 1 is 1.35 bits per heavy atom. The molecule has 0 bridgehead atoms. The summed E-state index contributed by atoms with van der Waals surface area (Å²) in [6.07, 6.45) is 2.11. The highest BCUT2D eigenvalue weighted by atomic mass is 79.9. The monoisotopic (exact) mass is 342 g/mol. The van der Waals surface area contributed by atoms with E-state index in [1.165, 1.54) is 0 Å². The Labute approximate surface area is 127 Å². The maximum Gasteiger partial charge on any atom is 0.322 e. The van der Waals surface area contributed by atoms with Crippen LogP contribution in [-0.2, 0) is 0 Å². The van der Waals surface area contributed by atoms with Crippen LogP contribution in [0.5, 0.6) is 11.5 Å². The summed E-state index contributed by atoms with van der Waals surface area (Å²) < 4.78 is 11.3. The zero-order chi connectivity index (χ0) is 14.7. The highest BCUT2D eigenvalue weighted by molar-refractivity contribution is 9.10. The van der Waals surface area contributed by atoms with Crippen molar-refractivity contribution in [3.8, 4) is 11.5 Å². The standard InChI is InChI=1S/C14H19BrN2O3/c1-9-5-4-6-17(9)14(18)16-11-7-10(15)12(19-2)8-13(11)20-3/h7-9H,4-6H2,1-3H3,(H,16,18)/t9-/m1/s1. The highest BCUT2D eigenvalue weighted by Crippen LogP contribution is 2.36. The average Bonchev–Trinajstić information content (AvgIpc) is 2.85. The van der Waals surface area contributed by atoms with Crippen molar-refractivity contribution in [2.45, 2.75) is 25.8 Å². The number of hydrogen-bond donors (Lipinski definition) is 1. The molecule has 1 atom stereocenters. The Morgan fingerprint density at radius 3 is 2.60 bits per heavy atom. The summed E-state index contributed by atoms with van der Waals surface area (Å²) in [5, 5.41) is 2.90. The molecule has 1 N–H and O–H groups in total. The number of carbonyl (C=O) groups excluding carboxylic acids is 1. The molecule has 2 rings (SSSR count). The number of carbonyl (C=O) groups is 1. The number of nitrogens with one attached hydrogen (secondary N) is 1. The smallest absolute Gasteiger partial charge is 0.322 e. The molecular weight excluding hydrogens is 324 g/mol. The number of amides is 2. The van der Waals surface area contributed by atoms with E-state index >= 15 is 0 Å². The molecule has 0 unspecified atom stereocenters. The predicted molar refractivity (Wildman–Crippen MR) is 81.7 cm³/mol. The molecule has 1 heterocycles. The molecule has 1 aromatic rings. The SMILES string of the molecule is COc1cc(OC)c(NC(=O)N2CCC[C@H]2C)cc1Br. The van der Waals surface area contributed by atoms with Gasteiger partial charge in [-0.2, -0.15) is 0 Å². The van der Waals surface area contributed by atoms with Crippen molar-refractivity contribution < 1.29 is 14.3 Å². The van der Waals surface area contributed by atoms with Gasteiger partial charge in [-0.3, -0.25) is 0 Å². The minimum atomic E-state index is -0.0923. The van der Waals surface area contributed by atoms with E-state index in [2.05, 4.69) is 28.2 Å². The Hall–Kier alpha value is -1.43. The number of benzene rings is 1. The van der Waals surface area contributed by atoms with Crippen LogP contribution in [0.3, 0.4) is 0 Å². The summed E-state index contributed by atoms with van der Waals surface area (Å²) in [5.74, 6) is 1.24. The van der Waals surface area contributed by atoms with Crippen molar-refractivity contribution in [1.82, 2.24) is 4.90 Å². The Balaban J connectivity index is 2.20. The minimum Gasteiger partial charge on any atom is -0.495 e. The molecule has 0 saturated carbocycles. The van der Waals surface area contributed by atoms with E-state index in [4.69, 9.17) is 9.47 Å². The molecule has 1 fully saturated rings. The predicted octanol–water partition coefficient (Wildman–Crippen LogP) is 3.48. The molecule has 1 aliphatic rings. The Bertz CT molecular complexity index is 507. The third-order valence-electron chi connectivity index (χ3n) is 3.53. The number of ether oxygens (including phenoxy) is 2. The average molecular weight is 343 g/mol. The molecule has 20 heavy (non-hydrogen) atoms. The molecule has 110 valence electrons. The molecule has 0 spiro atoms. The van der Waals surface area contributed by atoms with Gasteiger partial charge in [0.25, 0.3) is 0 Å². The molecule has 0 aliphatic carbocycles. The summed E-state index contributed by atoms with van der Waals surface area (Å²) in [7, 11) is 3.15. The van der Waals surface area contributed by atoms with Crippen LogP contribution < -0.4 is 14.8 Å². The lowest BCUT2D eigenvalue weighted by Gasteiger charge is -2.22. The summed E-state index contributed by atoms with van der Waals surface area (Å²) in [6.45, 7) is 2.86. The van der Waals surface area contributed by atoms with Crippen molar-refractivity contribution in [1.29, 1.82) is 0 Å². The first-order chi connectivity index (χ1) is 9.56. The zero-order valence-corrected chi connectivity index (χ0v) is 13.5. The Kier molecular flexibility index (Phi) is 4.75. The summed E-state index contributed by atoms with van der Waals surface area (Å²) in [6, 6.07) is 3.72. The number of rotatable bonds is 3. The van der Waals surface area contributed by atoms with Gasteiger partial charge in [-0.25, -0.2) is 4.79 Å². The number of nitrogens with zero attached hydrogens (tertiary/aromatic N) is 1. The van der Waals surface area contributed by atoms with Gasteiger partial charge in [0.15, 0.2) is 0 Å². The van der Waals surface area contributed by atoms with Crippen molar-refractivity contribution in [2.75, 3.05) is 26.1 Å². The van der Waals surface area contributed by atoms with Crippen LogP contribution in [0, 0.1) is 0 Å². The lowest BCUT2D eigenvalue weighted by Crippen LogP contribution is -2.37. The molecule has 1 saturated heterocycles. The topological polar surface area (TPSA) is 50.8 Å². The van der Waals surface area contributed by atoms with Crippen LogP contribution in [0.2, 0.25) is 0 Å². The van der Waals surface area contributed by atoms with Gasteiger partial charge in [-0.15, -0.1) is 0 Å². The first-order valence-electron chi connectivity index (χ1n) is 6.56. The van der Waals surface area contributed by atoms with Crippen molar-refractivity contribution in [3.05, 3.63) is 16.6 Å². The molecule has 5 nitrogen and oxygen atoms in total. The fraction of sp³-hybridized carbons (Fsp3) is 0.500. The molecule has 6 heteroatoms. The van der Waals surface area contributed by atoms with E-state index in [0.717, 1.165) is 23.9 Å². The number of anilines is 1. The number of halogens is 1. The molecule has 1 aliphatic heterocycles. The molecule has 0 aromatic heterocycles.